The Kier molecular flexibility index (Phi) is 6.03. The average molecular weight is 594 g/mol. The van der Waals surface area contributed by atoms with Crippen molar-refractivity contribution < 1.29 is 29.0 Å². The molecule has 4 aliphatic rings. The molecule has 38 heavy (non-hydrogen) atoms. The van der Waals surface area contributed by atoms with Crippen molar-refractivity contribution in [2.45, 2.75) is 32.2 Å². The van der Waals surface area contributed by atoms with Crippen LogP contribution in [0.5, 0.6) is 11.5 Å². The molecule has 2 aromatic rings. The van der Waals surface area contributed by atoms with Gasteiger partial charge in [-0.1, -0.05) is 17.7 Å². The van der Waals surface area contributed by atoms with E-state index in [0.29, 0.717) is 33.2 Å². The van der Waals surface area contributed by atoms with Gasteiger partial charge in [0.25, 0.3) is 0 Å². The van der Waals surface area contributed by atoms with Crippen LogP contribution in [-0.2, 0) is 25.7 Å². The molecule has 194 valence electrons. The Morgan fingerprint density at radius 3 is 2.66 bits per heavy atom. The summed E-state index contributed by atoms with van der Waals surface area (Å²) in [6, 6.07) is 7.18. The van der Waals surface area contributed by atoms with Gasteiger partial charge in [0.1, 0.15) is 0 Å². The highest BCUT2D eigenvalue weighted by Crippen LogP contribution is 2.56. The number of Topliss-reactive ketones (excluding diaryl/α,β-unsaturated/α-hetero) is 1. The van der Waals surface area contributed by atoms with Crippen molar-refractivity contribution in [3.8, 4) is 11.5 Å². The predicted molar refractivity (Wildman–Crippen MR) is 144 cm³/mol. The molecule has 0 unspecified atom stereocenters. The van der Waals surface area contributed by atoms with Crippen LogP contribution in [0.15, 0.2) is 68.6 Å². The normalized spacial score (nSPS) is 26.7. The number of aromatic hydroxyl groups is 1. The molecule has 1 aromatic heterocycles. The number of ketones is 2. The molecule has 9 heteroatoms. The van der Waals surface area contributed by atoms with Crippen LogP contribution in [0.2, 0.25) is 0 Å². The fourth-order valence-electron chi connectivity index (χ4n) is 6.46. The quantitative estimate of drug-likeness (QED) is 0.309. The SMILES string of the molecule is COc1cc([C@H]2C3=CC[C@@H]4C(=O)N(Cc5cccs5)C(=O)[C@@H]4[C@@H]3CC3=C2C(=O)C=C(C)C3=O)cc(Br)c1O. The zero-order chi connectivity index (χ0) is 26.9. The van der Waals surface area contributed by atoms with Crippen LogP contribution in [-0.4, -0.2) is 40.5 Å². The smallest absolute Gasteiger partial charge is 0.234 e. The summed E-state index contributed by atoms with van der Waals surface area (Å²) < 4.78 is 5.76. The maximum atomic E-state index is 13.8. The standard InChI is InChI=1S/C29H24BrNO6S/c1-13-8-21(32)25-19(26(13)33)11-18-16(23(25)14-9-20(30)27(34)22(10-14)37-2)5-6-17-24(18)29(36)31(28(17)35)12-15-4-3-7-38-15/h3-5,7-10,17-18,23-24,34H,6,11-12H2,1-2H3/t17-,18+,23-,24-/m0/s1. The first kappa shape index (κ1) is 25.0. The molecule has 4 atom stereocenters. The van der Waals surface area contributed by atoms with Crippen molar-refractivity contribution in [3.05, 3.63) is 79.0 Å². The average Bonchev–Trinajstić information content (AvgIpc) is 3.50. The molecule has 0 radical (unpaired) electrons. The van der Waals surface area contributed by atoms with E-state index >= 15 is 0 Å². The summed E-state index contributed by atoms with van der Waals surface area (Å²) >= 11 is 4.88. The number of likely N-dealkylation sites (tertiary alicyclic amines) is 1. The van der Waals surface area contributed by atoms with Crippen LogP contribution in [0.25, 0.3) is 0 Å². The van der Waals surface area contributed by atoms with Crippen molar-refractivity contribution in [1.29, 1.82) is 0 Å². The number of halogens is 1. The molecule has 2 amide bonds. The highest BCUT2D eigenvalue weighted by molar-refractivity contribution is 9.10. The minimum atomic E-state index is -0.606. The number of hydrogen-bond acceptors (Lipinski definition) is 7. The molecule has 0 bridgehead atoms. The van der Waals surface area contributed by atoms with Gasteiger partial charge in [0.05, 0.1) is 30.0 Å². The Morgan fingerprint density at radius 1 is 1.16 bits per heavy atom. The molecule has 1 N–H and O–H groups in total. The van der Waals surface area contributed by atoms with Crippen LogP contribution in [0.3, 0.4) is 0 Å². The third-order valence-corrected chi connectivity index (χ3v) is 9.62. The van der Waals surface area contributed by atoms with E-state index in [1.54, 1.807) is 19.1 Å². The van der Waals surface area contributed by atoms with Crippen molar-refractivity contribution in [1.82, 2.24) is 4.90 Å². The number of carbonyl (C=O) groups excluding carboxylic acids is 4. The predicted octanol–water partition coefficient (Wildman–Crippen LogP) is 4.85. The maximum Gasteiger partial charge on any atom is 0.234 e. The summed E-state index contributed by atoms with van der Waals surface area (Å²) in [6.07, 6.45) is 3.97. The lowest BCUT2D eigenvalue weighted by atomic mass is 9.59. The number of imide groups is 1. The molecule has 1 aromatic carbocycles. The van der Waals surface area contributed by atoms with Crippen molar-refractivity contribution >= 4 is 50.6 Å². The van der Waals surface area contributed by atoms with Gasteiger partial charge in [-0.15, -0.1) is 11.3 Å². The largest absolute Gasteiger partial charge is 0.503 e. The van der Waals surface area contributed by atoms with E-state index in [-0.39, 0.29) is 47.8 Å². The lowest BCUT2D eigenvalue weighted by Crippen LogP contribution is -2.39. The first-order valence-corrected chi connectivity index (χ1v) is 14.0. The van der Waals surface area contributed by atoms with Crippen molar-refractivity contribution in [2.75, 3.05) is 7.11 Å². The first-order valence-electron chi connectivity index (χ1n) is 12.4. The van der Waals surface area contributed by atoms with Gasteiger partial charge in [0, 0.05) is 27.5 Å². The van der Waals surface area contributed by atoms with Gasteiger partial charge < -0.3 is 9.84 Å². The van der Waals surface area contributed by atoms with Gasteiger partial charge in [0.15, 0.2) is 23.1 Å². The zero-order valence-electron chi connectivity index (χ0n) is 20.7. The number of nitrogens with zero attached hydrogens (tertiary/aromatic N) is 1. The fourth-order valence-corrected chi connectivity index (χ4v) is 7.61. The second-order valence-corrected chi connectivity index (χ2v) is 12.0. The monoisotopic (exact) mass is 593 g/mol. The number of benzene rings is 1. The van der Waals surface area contributed by atoms with Gasteiger partial charge in [-0.05, 0) is 76.8 Å². The van der Waals surface area contributed by atoms with Gasteiger partial charge >= 0.3 is 0 Å². The van der Waals surface area contributed by atoms with E-state index in [0.717, 1.165) is 10.5 Å². The lowest BCUT2D eigenvalue weighted by Gasteiger charge is -2.42. The maximum absolute atomic E-state index is 13.8. The van der Waals surface area contributed by atoms with Crippen LogP contribution < -0.4 is 4.74 Å². The molecule has 3 aliphatic carbocycles. The van der Waals surface area contributed by atoms with Gasteiger partial charge in [-0.3, -0.25) is 24.1 Å². The van der Waals surface area contributed by atoms with E-state index in [1.807, 2.05) is 23.6 Å². The first-order chi connectivity index (χ1) is 18.2. The molecule has 1 aliphatic heterocycles. The Bertz CT molecular complexity index is 1520. The second kappa shape index (κ2) is 9.17. The Balaban J connectivity index is 1.48. The van der Waals surface area contributed by atoms with Crippen LogP contribution in [0.1, 0.15) is 36.1 Å². The molecule has 1 saturated heterocycles. The number of thiophene rings is 1. The number of phenolic OH excluding ortho intramolecular Hbond substituents is 1. The van der Waals surface area contributed by atoms with Crippen molar-refractivity contribution in [3.63, 3.8) is 0 Å². The minimum absolute atomic E-state index is 0.0712. The van der Waals surface area contributed by atoms with Crippen LogP contribution in [0.4, 0.5) is 0 Å². The molecule has 7 nitrogen and oxygen atoms in total. The third kappa shape index (κ3) is 3.66. The minimum Gasteiger partial charge on any atom is -0.503 e. The Labute approximate surface area is 231 Å². The van der Waals surface area contributed by atoms with Gasteiger partial charge in [-0.2, -0.15) is 0 Å². The summed E-state index contributed by atoms with van der Waals surface area (Å²) in [5, 5.41) is 12.3. The molecule has 0 saturated carbocycles. The molecule has 6 rings (SSSR count). The number of allylic oxidation sites excluding steroid dienone is 6. The van der Waals surface area contributed by atoms with E-state index in [4.69, 9.17) is 4.74 Å². The number of ether oxygens (including phenoxy) is 1. The van der Waals surface area contributed by atoms with E-state index in [9.17, 15) is 24.3 Å². The Morgan fingerprint density at radius 2 is 1.95 bits per heavy atom. The molecular weight excluding hydrogens is 570 g/mol. The number of hydrogen-bond donors (Lipinski definition) is 1. The summed E-state index contributed by atoms with van der Waals surface area (Å²) in [4.78, 5) is 56.3. The summed E-state index contributed by atoms with van der Waals surface area (Å²) in [5.74, 6) is -2.80. The fraction of sp³-hybridized carbons (Fsp3) is 0.310. The van der Waals surface area contributed by atoms with Crippen molar-refractivity contribution in [2.24, 2.45) is 17.8 Å². The van der Waals surface area contributed by atoms with Gasteiger partial charge in [0.2, 0.25) is 11.8 Å². The lowest BCUT2D eigenvalue weighted by molar-refractivity contribution is -0.140. The number of methoxy groups -OCH3 is 1. The third-order valence-electron chi connectivity index (χ3n) is 8.15. The number of rotatable bonds is 4. The highest BCUT2D eigenvalue weighted by Gasteiger charge is 2.56. The van der Waals surface area contributed by atoms with E-state index in [1.165, 1.54) is 29.4 Å². The number of carbonyl (C=O) groups is 4. The topological polar surface area (TPSA) is 101 Å². The van der Waals surface area contributed by atoms with E-state index in [2.05, 4.69) is 15.9 Å². The van der Waals surface area contributed by atoms with E-state index < -0.39 is 23.7 Å². The van der Waals surface area contributed by atoms with Gasteiger partial charge in [-0.25, -0.2) is 0 Å². The highest BCUT2D eigenvalue weighted by atomic mass is 79.9. The zero-order valence-corrected chi connectivity index (χ0v) is 23.1. The molecular formula is C29H24BrNO6S. The second-order valence-electron chi connectivity index (χ2n) is 10.1. The summed E-state index contributed by atoms with van der Waals surface area (Å²) in [7, 11) is 1.44. The summed E-state index contributed by atoms with van der Waals surface area (Å²) in [5.41, 5.74) is 2.69. The van der Waals surface area contributed by atoms with Crippen LogP contribution >= 0.6 is 27.3 Å². The molecule has 1 fully saturated rings. The van der Waals surface area contributed by atoms with Crippen LogP contribution in [0, 0.1) is 17.8 Å². The number of amides is 2. The summed E-state index contributed by atoms with van der Waals surface area (Å²) in [6.45, 7) is 1.87. The Hall–Kier alpha value is -3.30. The number of phenols is 1. The number of fused-ring (bicyclic) bond motifs is 3. The molecule has 2 heterocycles. The molecule has 0 spiro atoms.